The minimum atomic E-state index is -2.76. The molecule has 4 rings (SSSR count). The minimum absolute atomic E-state index is 0.00810. The zero-order chi connectivity index (χ0) is 58.1. The van der Waals surface area contributed by atoms with Crippen LogP contribution in [-0.2, 0) is 57.5 Å². The third-order valence-electron chi connectivity index (χ3n) is 14.0. The number of cyclic esters (lactones) is 1. The summed E-state index contributed by atoms with van der Waals surface area (Å²) < 4.78 is 5.62. The average Bonchev–Trinajstić information content (AvgIpc) is 4.18. The minimum Gasteiger partial charge on any atom is -0.479 e. The van der Waals surface area contributed by atoms with Crippen molar-refractivity contribution < 1.29 is 93.2 Å². The molecule has 0 unspecified atom stereocenters. The monoisotopic (exact) mass is 1110 g/mol. The molecule has 0 aromatic rings. The van der Waals surface area contributed by atoms with Gasteiger partial charge in [-0.1, -0.05) is 39.5 Å². The molecule has 4 saturated heterocycles. The van der Waals surface area contributed by atoms with Crippen LogP contribution in [0, 0.1) is 5.92 Å². The van der Waals surface area contributed by atoms with Crippen LogP contribution in [-0.4, -0.2) is 233 Å². The number of hydrogen-bond donors (Lipinski definition) is 14. The quantitative estimate of drug-likeness (QED) is 0.0279. The van der Waals surface area contributed by atoms with E-state index in [0.717, 1.165) is 24.2 Å². The van der Waals surface area contributed by atoms with Gasteiger partial charge in [0.25, 0.3) is 0 Å². The van der Waals surface area contributed by atoms with E-state index in [4.69, 9.17) is 16.2 Å². The summed E-state index contributed by atoms with van der Waals surface area (Å²) in [6, 6.07) is -14.9. The number of nitrogens with one attached hydrogen (secondary N) is 5. The number of carbonyl (C=O) groups excluding carboxylic acids is 9. The maximum atomic E-state index is 14.4. The highest BCUT2D eigenvalue weighted by Crippen LogP contribution is 2.27. The van der Waals surface area contributed by atoms with Crippen LogP contribution in [0.25, 0.3) is 0 Å². The van der Waals surface area contributed by atoms with Crippen molar-refractivity contribution >= 4 is 71.1 Å². The number of rotatable bonds is 17. The summed E-state index contributed by atoms with van der Waals surface area (Å²) in [5, 5.41) is 84.6. The molecule has 0 aromatic carbocycles. The highest BCUT2D eigenvalue weighted by molar-refractivity contribution is 6.00. The first kappa shape index (κ1) is 63.8. The lowest BCUT2D eigenvalue weighted by atomic mass is 10.0. The normalized spacial score (nSPS) is 28.8. The van der Waals surface area contributed by atoms with E-state index in [1.54, 1.807) is 0 Å². The van der Waals surface area contributed by atoms with Gasteiger partial charge in [0.05, 0.1) is 25.2 Å². The van der Waals surface area contributed by atoms with Crippen molar-refractivity contribution in [3.05, 3.63) is 0 Å². The number of aliphatic hydroxyl groups is 5. The van der Waals surface area contributed by atoms with Crippen molar-refractivity contribution in [2.24, 2.45) is 22.4 Å². The van der Waals surface area contributed by atoms with Crippen LogP contribution in [0.2, 0.25) is 0 Å². The molecule has 0 spiro atoms. The Morgan fingerprint density at radius 3 is 1.83 bits per heavy atom. The van der Waals surface area contributed by atoms with Gasteiger partial charge in [0.1, 0.15) is 48.4 Å². The Hall–Kier alpha value is -6.76. The average molecular weight is 1110 g/mol. The second-order valence-electron chi connectivity index (χ2n) is 20.4. The van der Waals surface area contributed by atoms with E-state index in [2.05, 4.69) is 34.8 Å². The van der Waals surface area contributed by atoms with Gasteiger partial charge >= 0.3 is 17.9 Å². The Bertz CT molecular complexity index is 2210. The Labute approximate surface area is 449 Å². The molecule has 16 N–H and O–H groups in total. The molecule has 438 valence electrons. The van der Waals surface area contributed by atoms with E-state index >= 15 is 0 Å². The van der Waals surface area contributed by atoms with Gasteiger partial charge in [-0.05, 0) is 70.6 Å². The molecule has 0 radical (unpaired) electrons. The van der Waals surface area contributed by atoms with E-state index in [0.29, 0.717) is 23.7 Å². The Kier molecular flexibility index (Phi) is 24.4. The number of hydrogen-bond acceptors (Lipinski definition) is 18. The van der Waals surface area contributed by atoms with Crippen LogP contribution in [0.5, 0.6) is 0 Å². The lowest BCUT2D eigenvalue weighted by molar-refractivity contribution is -0.165. The van der Waals surface area contributed by atoms with Gasteiger partial charge < -0.3 is 93.2 Å². The zero-order valence-electron chi connectivity index (χ0n) is 44.0. The van der Waals surface area contributed by atoms with Crippen molar-refractivity contribution in [3.8, 4) is 0 Å². The molecule has 4 fully saturated rings. The summed E-state index contributed by atoms with van der Waals surface area (Å²) >= 11 is 0. The largest absolute Gasteiger partial charge is 0.479 e. The van der Waals surface area contributed by atoms with Gasteiger partial charge in [-0.2, -0.15) is 0 Å². The van der Waals surface area contributed by atoms with Crippen LogP contribution < -0.4 is 38.1 Å². The molecule has 4 aliphatic heterocycles. The van der Waals surface area contributed by atoms with Gasteiger partial charge in [-0.3, -0.25) is 43.3 Å². The molecular formula is C48H77N11O19. The van der Waals surface area contributed by atoms with Gasteiger partial charge in [-0.25, -0.2) is 14.4 Å². The highest BCUT2D eigenvalue weighted by Gasteiger charge is 2.48. The number of ether oxygens (including phenoxy) is 1. The fraction of sp³-hybridized carbons (Fsp3) is 0.750. The number of fused-ring (bicyclic) bond motifs is 3. The van der Waals surface area contributed by atoms with Crippen LogP contribution in [0.3, 0.4) is 0 Å². The number of carboxylic acids is 2. The lowest BCUT2D eigenvalue weighted by Gasteiger charge is -2.34. The number of aliphatic hydroxyl groups excluding tert-OH is 5. The molecule has 30 heteroatoms. The van der Waals surface area contributed by atoms with Crippen LogP contribution >= 0.6 is 0 Å². The van der Waals surface area contributed by atoms with Crippen molar-refractivity contribution in [2.45, 2.75) is 190 Å². The topological polar surface area (TPSA) is 473 Å². The first-order chi connectivity index (χ1) is 36.8. The van der Waals surface area contributed by atoms with E-state index in [-0.39, 0.29) is 77.0 Å². The summed E-state index contributed by atoms with van der Waals surface area (Å²) in [6.45, 7) is 3.40. The molecule has 30 nitrogen and oxygen atoms in total. The van der Waals surface area contributed by atoms with Crippen molar-refractivity contribution in [3.63, 3.8) is 0 Å². The SMILES string of the molecule is CC(C)CCCCCC[C@@H]1CC(=O)N[C@H]([C@@H](C)O)C(=O)N2CCC[C@@H]2C(=O)N2CCC[C@H]2C(=O)N[C@@H](CCCN=C(N)N)C(=O)N[C@H]([C@@H](O)C(=O)O)C(=O)N[C@@H](CO)C(=O)N2CC[C@H](O)[C@H]2C(=O)N[C@@H]([C@H](O)C(=O)O)C(=O)O1. The van der Waals surface area contributed by atoms with E-state index in [1.807, 2.05) is 10.6 Å². The number of nitrogens with two attached hydrogens (primary N) is 2. The van der Waals surface area contributed by atoms with E-state index < -0.39 is 164 Å². The molecule has 13 atom stereocenters. The zero-order valence-corrected chi connectivity index (χ0v) is 44.0. The van der Waals surface area contributed by atoms with E-state index in [1.165, 1.54) is 11.8 Å². The molecule has 0 aromatic heterocycles. The predicted molar refractivity (Wildman–Crippen MR) is 268 cm³/mol. The lowest BCUT2D eigenvalue weighted by Crippen LogP contribution is -2.64. The summed E-state index contributed by atoms with van der Waals surface area (Å²) in [7, 11) is 0. The number of aliphatic imine (C=N–C) groups is 1. The van der Waals surface area contributed by atoms with Gasteiger partial charge in [0, 0.05) is 26.2 Å². The van der Waals surface area contributed by atoms with Crippen molar-refractivity contribution in [2.75, 3.05) is 32.8 Å². The summed E-state index contributed by atoms with van der Waals surface area (Å²) in [4.78, 5) is 158. The third-order valence-corrected chi connectivity index (χ3v) is 14.0. The molecule has 0 saturated carbocycles. The van der Waals surface area contributed by atoms with Gasteiger partial charge in [0.15, 0.2) is 24.2 Å². The number of amides is 8. The van der Waals surface area contributed by atoms with Crippen molar-refractivity contribution in [1.29, 1.82) is 0 Å². The number of aliphatic carboxylic acids is 2. The number of guanidine groups is 1. The Morgan fingerprint density at radius 2 is 1.23 bits per heavy atom. The fourth-order valence-electron chi connectivity index (χ4n) is 9.87. The second kappa shape index (κ2) is 29.8. The van der Waals surface area contributed by atoms with Gasteiger partial charge in [0.2, 0.25) is 47.3 Å². The second-order valence-corrected chi connectivity index (χ2v) is 20.4. The predicted octanol–water partition coefficient (Wildman–Crippen LogP) is -6.02. The maximum absolute atomic E-state index is 14.4. The number of unbranched alkanes of at least 4 members (excludes halogenated alkanes) is 3. The molecular weight excluding hydrogens is 1030 g/mol. The summed E-state index contributed by atoms with van der Waals surface area (Å²) in [5.74, 6) is -14.7. The maximum Gasteiger partial charge on any atom is 0.335 e. The summed E-state index contributed by atoms with van der Waals surface area (Å²) in [6.07, 6.45) is -7.62. The highest BCUT2D eigenvalue weighted by atomic mass is 16.5. The number of esters is 1. The van der Waals surface area contributed by atoms with Crippen molar-refractivity contribution in [1.82, 2.24) is 41.3 Å². The Balaban J connectivity index is 1.80. The number of carbonyl (C=O) groups is 11. The van der Waals surface area contributed by atoms with Crippen LogP contribution in [0.15, 0.2) is 4.99 Å². The van der Waals surface area contributed by atoms with Crippen LogP contribution in [0.4, 0.5) is 0 Å². The molecule has 78 heavy (non-hydrogen) atoms. The first-order valence-electron chi connectivity index (χ1n) is 26.3. The molecule has 0 aliphatic carbocycles. The van der Waals surface area contributed by atoms with Crippen LogP contribution in [0.1, 0.15) is 111 Å². The van der Waals surface area contributed by atoms with E-state index in [9.17, 15) is 88.5 Å². The molecule has 4 heterocycles. The van der Waals surface area contributed by atoms with Gasteiger partial charge in [-0.15, -0.1) is 0 Å². The summed E-state index contributed by atoms with van der Waals surface area (Å²) in [5.41, 5.74) is 10.9. The number of carboxylic acid groups (broad SMARTS) is 2. The molecule has 4 aliphatic rings. The molecule has 8 amide bonds. The number of nitrogens with zero attached hydrogens (tertiary/aromatic N) is 4. The standard InChI is InChI=1S/C48H77N11O19/c1-23(2)11-6-4-5-7-12-25-21-31(63)54-32(24(3)61)44(72)58-19-10-15-29(58)43(71)57-18-9-14-28(57)39(67)52-26(13-8-17-51-48(49)50)38(66)55-33(36(64)45(73)74)40(68)53-27(22-60)42(70)59-20-16-30(62)35(59)41(69)56-34(47(77)78-25)37(65)46(75)76/h23-30,32-37,60-62,64-65H,4-22H2,1-3H3,(H,52,67)(H,53,68)(H,54,63)(H,55,66)(H,56,69)(H,73,74)(H,75,76)(H4,49,50,51)/t24-,25-,26+,27+,28+,29-,30+,32-,33-,34+,35+,36-,37+/m1/s1. The molecule has 0 bridgehead atoms. The Morgan fingerprint density at radius 1 is 0.641 bits per heavy atom. The smallest absolute Gasteiger partial charge is 0.335 e. The first-order valence-corrected chi connectivity index (χ1v) is 26.3. The third kappa shape index (κ3) is 17.4. The fourth-order valence-corrected chi connectivity index (χ4v) is 9.87.